The normalized spacial score (nSPS) is 24.5. The van der Waals surface area contributed by atoms with Crippen molar-refractivity contribution in [2.24, 2.45) is 11.3 Å². The fourth-order valence-corrected chi connectivity index (χ4v) is 7.68. The molecule has 8 nitrogen and oxygen atoms in total. The van der Waals surface area contributed by atoms with Gasteiger partial charge in [0.2, 0.25) is 17.2 Å². The van der Waals surface area contributed by atoms with Crippen LogP contribution in [-0.4, -0.2) is 41.1 Å². The predicted molar refractivity (Wildman–Crippen MR) is 162 cm³/mol. The number of benzene rings is 2. The Kier molecular flexibility index (Phi) is 9.06. The Morgan fingerprint density at radius 2 is 1.86 bits per heavy atom. The van der Waals surface area contributed by atoms with Crippen LogP contribution in [0.5, 0.6) is 0 Å². The van der Waals surface area contributed by atoms with Gasteiger partial charge in [-0.1, -0.05) is 60.5 Å². The number of pyridine rings is 1. The van der Waals surface area contributed by atoms with Gasteiger partial charge in [0.25, 0.3) is 0 Å². The zero-order valence-corrected chi connectivity index (χ0v) is 25.4. The highest BCUT2D eigenvalue weighted by Crippen LogP contribution is 2.55. The molecule has 1 saturated heterocycles. The van der Waals surface area contributed by atoms with Gasteiger partial charge >= 0.3 is 5.97 Å². The van der Waals surface area contributed by atoms with Crippen molar-refractivity contribution in [1.82, 2.24) is 14.6 Å². The molecule has 2 aliphatic rings. The molecule has 1 aromatic heterocycles. The molecule has 1 saturated carbocycles. The SMILES string of the molecule is C[C@@]1(CC(=O)O)C[C@H](c2cccc(Cl)c2)[C@H](C[C@@](c2ccc(Cl)cc2)(C2CC2)N(Cc2ccccn2)S(=O)O)NC1=O. The van der Waals surface area contributed by atoms with E-state index in [9.17, 15) is 23.5 Å². The predicted octanol–water partition coefficient (Wildman–Crippen LogP) is 6.18. The Morgan fingerprint density at radius 1 is 1.12 bits per heavy atom. The molecule has 1 unspecified atom stereocenters. The average molecular weight is 631 g/mol. The lowest BCUT2D eigenvalue weighted by atomic mass is 9.66. The lowest BCUT2D eigenvalue weighted by molar-refractivity contribution is -0.147. The topological polar surface area (TPSA) is 120 Å². The highest BCUT2D eigenvalue weighted by atomic mass is 35.5. The van der Waals surface area contributed by atoms with E-state index in [0.717, 1.165) is 24.0 Å². The Balaban J connectivity index is 1.64. The smallest absolute Gasteiger partial charge is 0.304 e. The molecule has 1 aliphatic carbocycles. The number of piperidine rings is 1. The van der Waals surface area contributed by atoms with Gasteiger partial charge in [0.1, 0.15) is 0 Å². The number of aromatic nitrogens is 1. The summed E-state index contributed by atoms with van der Waals surface area (Å²) < 4.78 is 25.7. The summed E-state index contributed by atoms with van der Waals surface area (Å²) in [6, 6.07) is 19.6. The number of amides is 1. The number of hydrogen-bond acceptors (Lipinski definition) is 4. The Morgan fingerprint density at radius 3 is 2.45 bits per heavy atom. The number of hydrogen-bond donors (Lipinski definition) is 3. The summed E-state index contributed by atoms with van der Waals surface area (Å²) >= 11 is 10.3. The number of carbonyl (C=O) groups is 2. The molecule has 0 spiro atoms. The van der Waals surface area contributed by atoms with Crippen LogP contribution >= 0.6 is 23.2 Å². The van der Waals surface area contributed by atoms with E-state index >= 15 is 0 Å². The van der Waals surface area contributed by atoms with Crippen molar-refractivity contribution in [2.75, 3.05) is 0 Å². The lowest BCUT2D eigenvalue weighted by Gasteiger charge is -2.49. The molecule has 5 atom stereocenters. The molecule has 222 valence electrons. The van der Waals surface area contributed by atoms with Crippen LogP contribution in [0.1, 0.15) is 61.8 Å². The molecule has 0 bridgehead atoms. The van der Waals surface area contributed by atoms with Crippen LogP contribution in [-0.2, 0) is 32.9 Å². The summed E-state index contributed by atoms with van der Waals surface area (Å²) in [7, 11) is 0. The van der Waals surface area contributed by atoms with Crippen molar-refractivity contribution < 1.29 is 23.5 Å². The van der Waals surface area contributed by atoms with Crippen LogP contribution in [0.3, 0.4) is 0 Å². The molecule has 2 aromatic carbocycles. The van der Waals surface area contributed by atoms with Crippen molar-refractivity contribution in [3.8, 4) is 0 Å². The molecule has 3 N–H and O–H groups in total. The number of aliphatic carboxylic acids is 1. The quantitative estimate of drug-likeness (QED) is 0.218. The lowest BCUT2D eigenvalue weighted by Crippen LogP contribution is -2.59. The second kappa shape index (κ2) is 12.4. The van der Waals surface area contributed by atoms with Crippen molar-refractivity contribution in [3.05, 3.63) is 99.8 Å². The highest BCUT2D eigenvalue weighted by molar-refractivity contribution is 7.76. The molecule has 5 rings (SSSR count). The second-order valence-corrected chi connectivity index (χ2v) is 13.3. The first-order valence-corrected chi connectivity index (χ1v) is 15.7. The minimum Gasteiger partial charge on any atom is -0.481 e. The summed E-state index contributed by atoms with van der Waals surface area (Å²) in [6.07, 6.45) is 3.56. The number of nitrogens with one attached hydrogen (secondary N) is 1. The van der Waals surface area contributed by atoms with E-state index in [4.69, 9.17) is 23.2 Å². The maximum absolute atomic E-state index is 13.6. The number of carbonyl (C=O) groups excluding carboxylic acids is 1. The van der Waals surface area contributed by atoms with E-state index in [2.05, 4.69) is 10.3 Å². The second-order valence-electron chi connectivity index (χ2n) is 11.6. The van der Waals surface area contributed by atoms with Gasteiger partial charge in [0.05, 0.1) is 29.6 Å². The first-order valence-electron chi connectivity index (χ1n) is 13.8. The Bertz CT molecular complexity index is 1470. The van der Waals surface area contributed by atoms with Crippen molar-refractivity contribution >= 4 is 46.3 Å². The van der Waals surface area contributed by atoms with Crippen molar-refractivity contribution in [1.29, 1.82) is 0 Å². The summed E-state index contributed by atoms with van der Waals surface area (Å²) in [5.74, 6) is -1.69. The van der Waals surface area contributed by atoms with E-state index in [1.54, 1.807) is 41.7 Å². The van der Waals surface area contributed by atoms with E-state index in [1.165, 1.54) is 0 Å². The number of nitrogens with zero attached hydrogens (tertiary/aromatic N) is 2. The largest absolute Gasteiger partial charge is 0.481 e. The summed E-state index contributed by atoms with van der Waals surface area (Å²) in [5.41, 5.74) is 0.187. The van der Waals surface area contributed by atoms with Crippen LogP contribution in [0, 0.1) is 11.3 Å². The number of carboxylic acids is 1. The molecule has 1 amide bonds. The molecular weight excluding hydrogens is 597 g/mol. The first kappa shape index (κ1) is 30.6. The minimum atomic E-state index is -2.41. The van der Waals surface area contributed by atoms with Gasteiger partial charge in [0, 0.05) is 28.2 Å². The Labute approximate surface area is 257 Å². The van der Waals surface area contributed by atoms with Crippen LogP contribution in [0.4, 0.5) is 0 Å². The molecule has 1 aliphatic heterocycles. The third kappa shape index (κ3) is 6.40. The van der Waals surface area contributed by atoms with Gasteiger partial charge in [-0.2, -0.15) is 4.31 Å². The molecule has 3 aromatic rings. The molecular formula is C31H33Cl2N3O5S. The van der Waals surface area contributed by atoms with Gasteiger partial charge in [-0.25, -0.2) is 4.21 Å². The summed E-state index contributed by atoms with van der Waals surface area (Å²) in [6.45, 7) is 1.77. The zero-order chi connectivity index (χ0) is 30.1. The first-order chi connectivity index (χ1) is 20.0. The molecule has 2 heterocycles. The van der Waals surface area contributed by atoms with E-state index in [1.807, 2.05) is 42.5 Å². The maximum Gasteiger partial charge on any atom is 0.304 e. The number of halogens is 2. The van der Waals surface area contributed by atoms with Crippen molar-refractivity contribution in [3.63, 3.8) is 0 Å². The summed E-state index contributed by atoms with van der Waals surface area (Å²) in [4.78, 5) is 29.8. The maximum atomic E-state index is 13.6. The third-order valence-electron chi connectivity index (χ3n) is 8.63. The van der Waals surface area contributed by atoms with E-state index < -0.39 is 34.2 Å². The molecule has 11 heteroatoms. The molecule has 42 heavy (non-hydrogen) atoms. The zero-order valence-electron chi connectivity index (χ0n) is 23.1. The van der Waals surface area contributed by atoms with Crippen LogP contribution in [0.25, 0.3) is 0 Å². The fourth-order valence-electron chi connectivity index (χ4n) is 6.51. The number of carboxylic acid groups (broad SMARTS) is 1. The average Bonchev–Trinajstić information content (AvgIpc) is 3.79. The summed E-state index contributed by atoms with van der Waals surface area (Å²) in [5, 5.41) is 13.9. The molecule has 2 fully saturated rings. The van der Waals surface area contributed by atoms with Crippen molar-refractivity contribution in [2.45, 2.75) is 63.1 Å². The van der Waals surface area contributed by atoms with Gasteiger partial charge in [-0.05, 0) is 79.1 Å². The van der Waals surface area contributed by atoms with Gasteiger partial charge < -0.3 is 10.4 Å². The van der Waals surface area contributed by atoms with E-state index in [-0.39, 0.29) is 37.1 Å². The number of rotatable bonds is 11. The monoisotopic (exact) mass is 629 g/mol. The van der Waals surface area contributed by atoms with Crippen LogP contribution < -0.4 is 5.32 Å². The van der Waals surface area contributed by atoms with Crippen LogP contribution in [0.2, 0.25) is 10.0 Å². The van der Waals surface area contributed by atoms with Gasteiger partial charge in [0.15, 0.2) is 0 Å². The standard InChI is InChI=1S/C31H33Cl2N3O5S/c1-30(18-28(37)38)16-26(20-5-4-6-24(33)15-20)27(35-29(30)39)17-31(21-8-9-21,22-10-12-23(32)13-11-22)36(42(40)41)19-25-7-2-3-14-34-25/h2-7,10-15,21,26-27H,8-9,16-19H2,1H3,(H,35,39)(H,37,38)(H,40,41)/t26-,27+,30+,31+/m1/s1. The minimum absolute atomic E-state index is 0.0164. The fraction of sp³-hybridized carbons (Fsp3) is 0.387. The third-order valence-corrected chi connectivity index (χ3v) is 9.95. The van der Waals surface area contributed by atoms with Gasteiger partial charge in [-0.3, -0.25) is 19.1 Å². The van der Waals surface area contributed by atoms with Gasteiger partial charge in [-0.15, -0.1) is 0 Å². The Hall–Kier alpha value is -2.82. The van der Waals surface area contributed by atoms with E-state index in [0.29, 0.717) is 22.2 Å². The highest BCUT2D eigenvalue weighted by Gasteiger charge is 2.56. The van der Waals surface area contributed by atoms with Crippen LogP contribution in [0.15, 0.2) is 72.9 Å². The molecule has 0 radical (unpaired) electrons.